The van der Waals surface area contributed by atoms with Gasteiger partial charge >= 0.3 is 12.1 Å². The van der Waals surface area contributed by atoms with Crippen LogP contribution < -0.4 is 5.32 Å². The van der Waals surface area contributed by atoms with Crippen LogP contribution in [0.1, 0.15) is 50.6 Å². The molecular weight excluding hydrogens is 538 g/mol. The highest BCUT2D eigenvalue weighted by molar-refractivity contribution is 6.00. The summed E-state index contributed by atoms with van der Waals surface area (Å²) < 4.78 is 16.4. The number of carboxylic acids is 1. The van der Waals surface area contributed by atoms with Crippen molar-refractivity contribution in [3.8, 4) is 11.1 Å². The van der Waals surface area contributed by atoms with Gasteiger partial charge in [-0.3, -0.25) is 14.4 Å². The first-order valence-corrected chi connectivity index (χ1v) is 13.5. The maximum absolute atomic E-state index is 12.9. The van der Waals surface area contributed by atoms with Crippen LogP contribution in [0.15, 0.2) is 86.0 Å². The molecule has 0 heterocycles. The number of carbonyl (C=O) groups is 4. The Balaban J connectivity index is 1.79. The molecule has 0 atom stereocenters. The first kappa shape index (κ1) is 31.9. The van der Waals surface area contributed by atoms with E-state index >= 15 is 0 Å². The molecule has 0 saturated heterocycles. The minimum absolute atomic E-state index is 0.0888. The third kappa shape index (κ3) is 9.22. The minimum Gasteiger partial charge on any atom is -0.480 e. The van der Waals surface area contributed by atoms with E-state index in [9.17, 15) is 19.2 Å². The Labute approximate surface area is 245 Å². The Kier molecular flexibility index (Phi) is 12.6. The van der Waals surface area contributed by atoms with Crippen LogP contribution in [0, 0.1) is 0 Å². The molecule has 3 rings (SSSR count). The van der Waals surface area contributed by atoms with Crippen LogP contribution in [0.3, 0.4) is 0 Å². The standard InChI is InChI=1S/C33H35NO8/c1-3-5-7-9-15-40-21-30(35)23-11-13-25-26-14-12-24(31(36)22-41-16-10-8-6-4-2)18-28(26)29(27(25)17-23)20-42-33(39)34-19-32(37)38/h3-8,11-14,17-18,29H,1-2,9-10,15-16,19-22H2,(H,34,39)(H,37,38)/b7-5+,8-6+. The summed E-state index contributed by atoms with van der Waals surface area (Å²) in [5.74, 6) is -2.08. The number of ether oxygens (including phenoxy) is 3. The molecule has 0 aromatic heterocycles. The number of rotatable bonds is 18. The van der Waals surface area contributed by atoms with Crippen molar-refractivity contribution in [2.45, 2.75) is 18.8 Å². The second-order valence-corrected chi connectivity index (χ2v) is 9.36. The number of fused-ring (bicyclic) bond motifs is 3. The maximum atomic E-state index is 12.9. The van der Waals surface area contributed by atoms with Crippen LogP contribution in [-0.2, 0) is 19.0 Å². The normalized spacial score (nSPS) is 12.2. The van der Waals surface area contributed by atoms with Gasteiger partial charge in [-0.1, -0.05) is 73.9 Å². The third-order valence-electron chi connectivity index (χ3n) is 6.42. The van der Waals surface area contributed by atoms with Crippen molar-refractivity contribution in [2.24, 2.45) is 0 Å². The van der Waals surface area contributed by atoms with Crippen molar-refractivity contribution in [3.63, 3.8) is 0 Å². The number of hydrogen-bond donors (Lipinski definition) is 2. The lowest BCUT2D eigenvalue weighted by Gasteiger charge is -2.15. The molecule has 0 radical (unpaired) electrons. The molecule has 0 bridgehead atoms. The summed E-state index contributed by atoms with van der Waals surface area (Å²) in [4.78, 5) is 48.7. The van der Waals surface area contributed by atoms with Gasteiger partial charge in [-0.05, 0) is 47.2 Å². The van der Waals surface area contributed by atoms with Crippen molar-refractivity contribution in [1.29, 1.82) is 0 Å². The number of Topliss-reactive ketones (excluding diaryl/α,β-unsaturated/α-hetero) is 2. The van der Waals surface area contributed by atoms with Gasteiger partial charge in [-0.25, -0.2) is 4.79 Å². The van der Waals surface area contributed by atoms with E-state index < -0.39 is 24.5 Å². The maximum Gasteiger partial charge on any atom is 0.407 e. The van der Waals surface area contributed by atoms with Crippen LogP contribution in [0.5, 0.6) is 0 Å². The minimum atomic E-state index is -1.20. The van der Waals surface area contributed by atoms with E-state index in [0.29, 0.717) is 37.2 Å². The smallest absolute Gasteiger partial charge is 0.407 e. The highest BCUT2D eigenvalue weighted by atomic mass is 16.5. The van der Waals surface area contributed by atoms with Gasteiger partial charge in [0.15, 0.2) is 11.6 Å². The Morgan fingerprint density at radius 1 is 0.810 bits per heavy atom. The number of amides is 1. The fourth-order valence-electron chi connectivity index (χ4n) is 4.43. The summed E-state index contributed by atoms with van der Waals surface area (Å²) in [5.41, 5.74) is 4.09. The van der Waals surface area contributed by atoms with E-state index in [2.05, 4.69) is 18.5 Å². The molecule has 0 unspecified atom stereocenters. The van der Waals surface area contributed by atoms with E-state index in [-0.39, 0.29) is 31.4 Å². The Hall–Kier alpha value is -4.60. The van der Waals surface area contributed by atoms with Crippen LogP contribution in [0.25, 0.3) is 11.1 Å². The largest absolute Gasteiger partial charge is 0.480 e. The average Bonchev–Trinajstić information content (AvgIpc) is 3.30. The number of ketones is 2. The summed E-state index contributed by atoms with van der Waals surface area (Å²) in [7, 11) is 0. The molecule has 0 spiro atoms. The predicted octanol–water partition coefficient (Wildman–Crippen LogP) is 5.27. The molecule has 9 nitrogen and oxygen atoms in total. The molecule has 0 aliphatic heterocycles. The molecule has 220 valence electrons. The number of carboxylic acid groups (broad SMARTS) is 1. The van der Waals surface area contributed by atoms with Gasteiger partial charge in [-0.2, -0.15) is 0 Å². The van der Waals surface area contributed by atoms with Crippen molar-refractivity contribution >= 4 is 23.6 Å². The summed E-state index contributed by atoms with van der Waals surface area (Å²) in [6.45, 7) is 7.11. The summed E-state index contributed by atoms with van der Waals surface area (Å²) in [6, 6.07) is 10.6. The van der Waals surface area contributed by atoms with Crippen LogP contribution in [0.2, 0.25) is 0 Å². The zero-order chi connectivity index (χ0) is 30.3. The van der Waals surface area contributed by atoms with Crippen molar-refractivity contribution in [3.05, 3.63) is 108 Å². The van der Waals surface area contributed by atoms with Gasteiger partial charge < -0.3 is 24.6 Å². The Morgan fingerprint density at radius 2 is 1.31 bits per heavy atom. The number of benzene rings is 2. The highest BCUT2D eigenvalue weighted by Gasteiger charge is 2.31. The summed E-state index contributed by atoms with van der Waals surface area (Å²) in [6.07, 6.45) is 11.2. The molecule has 1 aliphatic carbocycles. The molecule has 2 aromatic carbocycles. The van der Waals surface area contributed by atoms with Gasteiger partial charge in [0.2, 0.25) is 0 Å². The molecule has 9 heteroatoms. The van der Waals surface area contributed by atoms with Crippen molar-refractivity contribution in [2.75, 3.05) is 39.6 Å². The van der Waals surface area contributed by atoms with Crippen LogP contribution in [0.4, 0.5) is 4.79 Å². The van der Waals surface area contributed by atoms with E-state index in [4.69, 9.17) is 19.3 Å². The average molecular weight is 574 g/mol. The third-order valence-corrected chi connectivity index (χ3v) is 6.42. The lowest BCUT2D eigenvalue weighted by atomic mass is 9.94. The van der Waals surface area contributed by atoms with Crippen molar-refractivity contribution in [1.82, 2.24) is 5.32 Å². The van der Waals surface area contributed by atoms with Gasteiger partial charge in [0, 0.05) is 17.0 Å². The molecule has 1 amide bonds. The molecule has 0 saturated carbocycles. The Bertz CT molecular complexity index is 1290. The molecule has 1 aliphatic rings. The second-order valence-electron chi connectivity index (χ2n) is 9.36. The molecule has 2 aromatic rings. The second kappa shape index (κ2) is 16.6. The SMILES string of the molecule is C=C/C=C/CCOCC(=O)c1ccc2c(c1)C(COC(=O)NCC(=O)O)c1cc(C(=O)COCC/C=C/C=C)ccc1-2. The first-order chi connectivity index (χ1) is 20.3. The summed E-state index contributed by atoms with van der Waals surface area (Å²) in [5, 5.41) is 11.0. The lowest BCUT2D eigenvalue weighted by Crippen LogP contribution is -2.30. The zero-order valence-corrected chi connectivity index (χ0v) is 23.4. The number of hydrogen-bond acceptors (Lipinski definition) is 7. The molecular formula is C33H35NO8. The monoisotopic (exact) mass is 573 g/mol. The van der Waals surface area contributed by atoms with Crippen LogP contribution in [-0.4, -0.2) is 68.3 Å². The van der Waals surface area contributed by atoms with E-state index in [1.54, 1.807) is 36.4 Å². The lowest BCUT2D eigenvalue weighted by molar-refractivity contribution is -0.135. The van der Waals surface area contributed by atoms with Gasteiger partial charge in [0.25, 0.3) is 0 Å². The van der Waals surface area contributed by atoms with Gasteiger partial charge in [0.05, 0.1) is 13.2 Å². The molecule has 42 heavy (non-hydrogen) atoms. The number of nitrogens with one attached hydrogen (secondary N) is 1. The fraction of sp³-hybridized carbons (Fsp3) is 0.273. The van der Waals surface area contributed by atoms with E-state index in [0.717, 1.165) is 22.3 Å². The molecule has 0 fully saturated rings. The van der Waals surface area contributed by atoms with Gasteiger partial charge in [-0.15, -0.1) is 0 Å². The quantitative estimate of drug-likeness (QED) is 0.140. The van der Waals surface area contributed by atoms with Gasteiger partial charge in [0.1, 0.15) is 26.4 Å². The zero-order valence-electron chi connectivity index (χ0n) is 23.4. The van der Waals surface area contributed by atoms with Crippen LogP contribution >= 0.6 is 0 Å². The molecule has 2 N–H and O–H groups in total. The highest BCUT2D eigenvalue weighted by Crippen LogP contribution is 2.45. The first-order valence-electron chi connectivity index (χ1n) is 13.5. The number of carbonyl (C=O) groups excluding carboxylic acids is 3. The summed E-state index contributed by atoms with van der Waals surface area (Å²) >= 11 is 0. The number of alkyl carbamates (subject to hydrolysis) is 1. The number of allylic oxidation sites excluding steroid dienone is 4. The van der Waals surface area contributed by atoms with E-state index in [1.165, 1.54) is 0 Å². The van der Waals surface area contributed by atoms with E-state index in [1.807, 2.05) is 36.4 Å². The predicted molar refractivity (Wildman–Crippen MR) is 159 cm³/mol. The number of aliphatic carboxylic acids is 1. The topological polar surface area (TPSA) is 128 Å². The fourth-order valence-corrected chi connectivity index (χ4v) is 4.43. The Morgan fingerprint density at radius 3 is 1.76 bits per heavy atom. The van der Waals surface area contributed by atoms with Crippen molar-refractivity contribution < 1.29 is 38.5 Å².